The van der Waals surface area contributed by atoms with Crippen LogP contribution in [0.5, 0.6) is 0 Å². The zero-order chi connectivity index (χ0) is 13.8. The van der Waals surface area contributed by atoms with E-state index in [4.69, 9.17) is 9.15 Å². The minimum atomic E-state index is 0.124. The Balaban J connectivity index is 1.69. The van der Waals surface area contributed by atoms with E-state index < -0.39 is 0 Å². The Morgan fingerprint density at radius 2 is 2.00 bits per heavy atom. The molecule has 0 bridgehead atoms. The van der Waals surface area contributed by atoms with E-state index in [1.165, 1.54) is 5.56 Å². The predicted octanol–water partition coefficient (Wildman–Crippen LogP) is 3.53. The lowest BCUT2D eigenvalue weighted by molar-refractivity contribution is -0.0119. The Bertz CT molecular complexity index is 503. The fraction of sp³-hybridized carbons (Fsp3) is 0.412. The van der Waals surface area contributed by atoms with Crippen LogP contribution in [0.3, 0.4) is 0 Å². The third kappa shape index (κ3) is 2.94. The van der Waals surface area contributed by atoms with Gasteiger partial charge < -0.3 is 14.5 Å². The largest absolute Gasteiger partial charge is 0.467 e. The van der Waals surface area contributed by atoms with Crippen molar-refractivity contribution in [3.05, 3.63) is 60.1 Å². The summed E-state index contributed by atoms with van der Waals surface area (Å²) in [4.78, 5) is 0. The van der Waals surface area contributed by atoms with Crippen LogP contribution in [-0.4, -0.2) is 18.8 Å². The van der Waals surface area contributed by atoms with Crippen LogP contribution in [0.1, 0.15) is 37.1 Å². The van der Waals surface area contributed by atoms with E-state index in [1.54, 1.807) is 6.26 Å². The molecule has 1 heterocycles. The van der Waals surface area contributed by atoms with Crippen molar-refractivity contribution in [1.82, 2.24) is 5.32 Å². The molecule has 0 radical (unpaired) electrons. The Morgan fingerprint density at radius 3 is 2.65 bits per heavy atom. The van der Waals surface area contributed by atoms with E-state index >= 15 is 0 Å². The quantitative estimate of drug-likeness (QED) is 0.873. The summed E-state index contributed by atoms with van der Waals surface area (Å²) < 4.78 is 11.2. The number of ether oxygens (including phenoxy) is 1. The molecule has 1 N–H and O–H groups in total. The zero-order valence-electron chi connectivity index (χ0n) is 11.8. The Kier molecular flexibility index (Phi) is 4.19. The Hall–Kier alpha value is -1.58. The molecule has 1 unspecified atom stereocenters. The second-order valence-electron chi connectivity index (χ2n) is 5.27. The minimum absolute atomic E-state index is 0.124. The lowest BCUT2D eigenvalue weighted by atomic mass is 9.87. The lowest BCUT2D eigenvalue weighted by Crippen LogP contribution is -2.46. The molecule has 0 amide bonds. The van der Waals surface area contributed by atoms with Gasteiger partial charge in [0.05, 0.1) is 18.4 Å². The van der Waals surface area contributed by atoms with Crippen molar-refractivity contribution in [2.75, 3.05) is 6.61 Å². The number of rotatable bonds is 6. The molecule has 0 aliphatic heterocycles. The van der Waals surface area contributed by atoms with Gasteiger partial charge in [0.1, 0.15) is 5.76 Å². The van der Waals surface area contributed by atoms with Gasteiger partial charge in [-0.15, -0.1) is 0 Å². The molecule has 2 aromatic rings. The maximum atomic E-state index is 5.62. The first-order valence-corrected chi connectivity index (χ1v) is 7.33. The summed E-state index contributed by atoms with van der Waals surface area (Å²) in [7, 11) is 0. The highest BCUT2D eigenvalue weighted by Gasteiger charge is 2.32. The van der Waals surface area contributed by atoms with Crippen LogP contribution in [-0.2, 0) is 4.74 Å². The second kappa shape index (κ2) is 6.25. The Morgan fingerprint density at radius 1 is 1.20 bits per heavy atom. The van der Waals surface area contributed by atoms with E-state index in [-0.39, 0.29) is 6.04 Å². The van der Waals surface area contributed by atoms with Gasteiger partial charge in [-0.25, -0.2) is 0 Å². The van der Waals surface area contributed by atoms with Gasteiger partial charge in [0.2, 0.25) is 0 Å². The molecule has 1 fully saturated rings. The minimum Gasteiger partial charge on any atom is -0.467 e. The van der Waals surface area contributed by atoms with E-state index in [0.717, 1.165) is 25.2 Å². The highest BCUT2D eigenvalue weighted by molar-refractivity contribution is 5.26. The molecule has 20 heavy (non-hydrogen) atoms. The zero-order valence-corrected chi connectivity index (χ0v) is 11.8. The highest BCUT2D eigenvalue weighted by atomic mass is 16.5. The van der Waals surface area contributed by atoms with Crippen molar-refractivity contribution in [1.29, 1.82) is 0 Å². The molecule has 1 aliphatic rings. The highest BCUT2D eigenvalue weighted by Crippen LogP contribution is 2.29. The summed E-state index contributed by atoms with van der Waals surface area (Å²) >= 11 is 0. The number of hydrogen-bond donors (Lipinski definition) is 1. The van der Waals surface area contributed by atoms with Crippen LogP contribution in [0.25, 0.3) is 0 Å². The molecule has 0 spiro atoms. The van der Waals surface area contributed by atoms with Gasteiger partial charge in [-0.3, -0.25) is 0 Å². The number of hydrogen-bond acceptors (Lipinski definition) is 3. The summed E-state index contributed by atoms with van der Waals surface area (Å²) in [5.41, 5.74) is 1.24. The molecule has 1 saturated carbocycles. The third-order valence-corrected chi connectivity index (χ3v) is 3.86. The van der Waals surface area contributed by atoms with Crippen LogP contribution in [0.4, 0.5) is 0 Å². The van der Waals surface area contributed by atoms with Crippen molar-refractivity contribution in [3.63, 3.8) is 0 Å². The van der Waals surface area contributed by atoms with Gasteiger partial charge in [0, 0.05) is 12.6 Å². The van der Waals surface area contributed by atoms with Crippen molar-refractivity contribution in [2.24, 2.45) is 0 Å². The molecule has 106 valence electrons. The fourth-order valence-electron chi connectivity index (χ4n) is 2.75. The van der Waals surface area contributed by atoms with E-state index in [2.05, 4.69) is 36.5 Å². The van der Waals surface area contributed by atoms with Gasteiger partial charge >= 0.3 is 0 Å². The smallest absolute Gasteiger partial charge is 0.125 e. The lowest BCUT2D eigenvalue weighted by Gasteiger charge is -2.37. The van der Waals surface area contributed by atoms with Gasteiger partial charge in [-0.2, -0.15) is 0 Å². The first-order chi connectivity index (χ1) is 9.86. The summed E-state index contributed by atoms with van der Waals surface area (Å²) in [6.07, 6.45) is 4.32. The number of nitrogens with one attached hydrogen (secondary N) is 1. The molecular formula is C17H21NO2. The van der Waals surface area contributed by atoms with Crippen molar-refractivity contribution in [3.8, 4) is 0 Å². The average molecular weight is 271 g/mol. The molecule has 3 rings (SSSR count). The molecule has 1 aliphatic carbocycles. The van der Waals surface area contributed by atoms with E-state index in [1.807, 2.05) is 18.2 Å². The van der Waals surface area contributed by atoms with Crippen LogP contribution in [0, 0.1) is 0 Å². The van der Waals surface area contributed by atoms with Crippen LogP contribution < -0.4 is 5.32 Å². The predicted molar refractivity (Wildman–Crippen MR) is 78.6 cm³/mol. The number of furan rings is 1. The summed E-state index contributed by atoms with van der Waals surface area (Å²) in [5.74, 6) is 0.969. The third-order valence-electron chi connectivity index (χ3n) is 3.86. The molecule has 0 saturated heterocycles. The maximum Gasteiger partial charge on any atom is 0.125 e. The standard InChI is InChI=1S/C17H21NO2/c1-2-19-15-11-14(12-15)18-17(16-9-6-10-20-16)13-7-4-3-5-8-13/h3-10,14-15,17-18H,2,11-12H2,1H3. The first kappa shape index (κ1) is 13.4. The second-order valence-corrected chi connectivity index (χ2v) is 5.27. The first-order valence-electron chi connectivity index (χ1n) is 7.33. The topological polar surface area (TPSA) is 34.4 Å². The maximum absolute atomic E-state index is 5.62. The van der Waals surface area contributed by atoms with Gasteiger partial charge in [-0.05, 0) is 37.5 Å². The molecule has 1 aromatic carbocycles. The van der Waals surface area contributed by atoms with Crippen molar-refractivity contribution >= 4 is 0 Å². The summed E-state index contributed by atoms with van der Waals surface area (Å²) in [5, 5.41) is 3.69. The van der Waals surface area contributed by atoms with Gasteiger partial charge in [0.15, 0.2) is 0 Å². The summed E-state index contributed by atoms with van der Waals surface area (Å²) in [6.45, 7) is 2.86. The molecular weight excluding hydrogens is 250 g/mol. The molecule has 1 atom stereocenters. The molecule has 1 aromatic heterocycles. The average Bonchev–Trinajstić information content (AvgIpc) is 2.96. The Labute approximate surface area is 119 Å². The van der Waals surface area contributed by atoms with E-state index in [9.17, 15) is 0 Å². The van der Waals surface area contributed by atoms with Crippen LogP contribution in [0.2, 0.25) is 0 Å². The van der Waals surface area contributed by atoms with Crippen molar-refractivity contribution < 1.29 is 9.15 Å². The SMILES string of the molecule is CCOC1CC(NC(c2ccccc2)c2ccco2)C1. The molecule has 3 nitrogen and oxygen atoms in total. The fourth-order valence-corrected chi connectivity index (χ4v) is 2.75. The van der Waals surface area contributed by atoms with Crippen LogP contribution in [0.15, 0.2) is 53.1 Å². The van der Waals surface area contributed by atoms with Crippen molar-refractivity contribution in [2.45, 2.75) is 38.0 Å². The van der Waals surface area contributed by atoms with Gasteiger partial charge in [-0.1, -0.05) is 30.3 Å². The van der Waals surface area contributed by atoms with E-state index in [0.29, 0.717) is 12.1 Å². The normalized spacial score (nSPS) is 23.2. The molecule has 3 heteroatoms. The monoisotopic (exact) mass is 271 g/mol. The summed E-state index contributed by atoms with van der Waals surface area (Å²) in [6, 6.07) is 15.0. The van der Waals surface area contributed by atoms with Crippen LogP contribution >= 0.6 is 0 Å². The number of benzene rings is 1. The van der Waals surface area contributed by atoms with Gasteiger partial charge in [0.25, 0.3) is 0 Å².